The minimum Gasteiger partial charge on any atom is -0.326 e. The summed E-state index contributed by atoms with van der Waals surface area (Å²) in [6.45, 7) is 3.52. The number of nitrogens with zero attached hydrogens (tertiary/aromatic N) is 1. The van der Waals surface area contributed by atoms with Crippen LogP contribution >= 0.6 is 11.3 Å². The van der Waals surface area contributed by atoms with Crippen molar-refractivity contribution < 1.29 is 13.2 Å². The van der Waals surface area contributed by atoms with Gasteiger partial charge in [0.05, 0.1) is 17.1 Å². The third kappa shape index (κ3) is 4.79. The summed E-state index contributed by atoms with van der Waals surface area (Å²) in [5.74, 6) is -0.211. The Hall–Kier alpha value is -2.55. The third-order valence-electron chi connectivity index (χ3n) is 3.86. The lowest BCUT2D eigenvalue weighted by Crippen LogP contribution is -2.23. The van der Waals surface area contributed by atoms with Gasteiger partial charge in [-0.1, -0.05) is 24.3 Å². The average molecular weight is 402 g/mol. The van der Waals surface area contributed by atoms with Gasteiger partial charge in [-0.15, -0.1) is 11.3 Å². The number of sulfonamides is 1. The molecule has 3 rings (SSSR count). The van der Waals surface area contributed by atoms with Crippen LogP contribution in [0.15, 0.2) is 58.8 Å². The zero-order valence-corrected chi connectivity index (χ0v) is 16.5. The van der Waals surface area contributed by atoms with Gasteiger partial charge in [0.2, 0.25) is 15.9 Å². The van der Waals surface area contributed by atoms with E-state index in [-0.39, 0.29) is 17.3 Å². The summed E-state index contributed by atoms with van der Waals surface area (Å²) >= 11 is 1.48. The average Bonchev–Trinajstić information content (AvgIpc) is 3.09. The summed E-state index contributed by atoms with van der Waals surface area (Å²) < 4.78 is 27.5. The first kappa shape index (κ1) is 19.2. The molecule has 0 atom stereocenters. The van der Waals surface area contributed by atoms with Crippen molar-refractivity contribution in [1.82, 2.24) is 9.71 Å². The van der Waals surface area contributed by atoms with Gasteiger partial charge in [0.25, 0.3) is 0 Å². The highest BCUT2D eigenvalue weighted by Crippen LogP contribution is 2.26. The molecule has 0 aliphatic carbocycles. The predicted octanol–water partition coefficient (Wildman–Crippen LogP) is 3.56. The molecule has 0 fully saturated rings. The summed E-state index contributed by atoms with van der Waals surface area (Å²) in [6, 6.07) is 13.9. The summed E-state index contributed by atoms with van der Waals surface area (Å²) in [5, 5.41) is 5.32. The standard InChI is InChI=1S/C19H19N3O3S2/c1-13-5-3-4-6-18(13)19-22-16(12-26-19)11-20-27(24,25)17-9-7-15(8-10-17)21-14(2)23/h3-10,12,20H,11H2,1-2H3,(H,21,23). The Morgan fingerprint density at radius 3 is 2.48 bits per heavy atom. The van der Waals surface area contributed by atoms with E-state index in [1.54, 1.807) is 12.1 Å². The molecule has 0 aliphatic rings. The molecule has 0 aliphatic heterocycles. The lowest BCUT2D eigenvalue weighted by Gasteiger charge is -2.07. The molecular formula is C19H19N3O3S2. The van der Waals surface area contributed by atoms with E-state index < -0.39 is 10.0 Å². The number of nitrogens with one attached hydrogen (secondary N) is 2. The van der Waals surface area contributed by atoms with Crippen molar-refractivity contribution in [2.45, 2.75) is 25.3 Å². The number of thiazole rings is 1. The van der Waals surface area contributed by atoms with E-state index in [1.807, 2.05) is 36.6 Å². The lowest BCUT2D eigenvalue weighted by atomic mass is 10.1. The number of rotatable bonds is 6. The van der Waals surface area contributed by atoms with Gasteiger partial charge in [-0.2, -0.15) is 0 Å². The third-order valence-corrected chi connectivity index (χ3v) is 6.20. The van der Waals surface area contributed by atoms with E-state index in [2.05, 4.69) is 15.0 Å². The van der Waals surface area contributed by atoms with Gasteiger partial charge in [-0.05, 0) is 36.8 Å². The van der Waals surface area contributed by atoms with Gasteiger partial charge < -0.3 is 5.32 Å². The van der Waals surface area contributed by atoms with Crippen LogP contribution in [-0.2, 0) is 21.4 Å². The first-order chi connectivity index (χ1) is 12.8. The smallest absolute Gasteiger partial charge is 0.240 e. The van der Waals surface area contributed by atoms with Crippen LogP contribution in [0.4, 0.5) is 5.69 Å². The molecular weight excluding hydrogens is 382 g/mol. The van der Waals surface area contributed by atoms with Crippen molar-refractivity contribution in [2.24, 2.45) is 0 Å². The van der Waals surface area contributed by atoms with Crippen LogP contribution in [0.25, 0.3) is 10.6 Å². The molecule has 0 saturated heterocycles. The van der Waals surface area contributed by atoms with E-state index in [4.69, 9.17) is 0 Å². The van der Waals surface area contributed by atoms with Crippen LogP contribution in [0, 0.1) is 6.92 Å². The number of aryl methyl sites for hydroxylation is 1. The molecule has 8 heteroatoms. The van der Waals surface area contributed by atoms with Gasteiger partial charge in [-0.25, -0.2) is 18.1 Å². The van der Waals surface area contributed by atoms with Crippen molar-refractivity contribution >= 4 is 33.0 Å². The van der Waals surface area contributed by atoms with Crippen molar-refractivity contribution in [1.29, 1.82) is 0 Å². The van der Waals surface area contributed by atoms with Crippen LogP contribution in [0.5, 0.6) is 0 Å². The van der Waals surface area contributed by atoms with Gasteiger partial charge >= 0.3 is 0 Å². The van der Waals surface area contributed by atoms with E-state index >= 15 is 0 Å². The number of benzene rings is 2. The minimum absolute atomic E-state index is 0.109. The molecule has 140 valence electrons. The Labute approximate surface area is 162 Å². The van der Waals surface area contributed by atoms with Gasteiger partial charge in [0, 0.05) is 23.6 Å². The highest BCUT2D eigenvalue weighted by atomic mass is 32.2. The highest BCUT2D eigenvalue weighted by molar-refractivity contribution is 7.89. The lowest BCUT2D eigenvalue weighted by molar-refractivity contribution is -0.114. The van der Waals surface area contributed by atoms with Crippen molar-refractivity contribution in [3.05, 3.63) is 65.2 Å². The van der Waals surface area contributed by atoms with E-state index in [1.165, 1.54) is 30.4 Å². The molecule has 0 bridgehead atoms. The maximum absolute atomic E-state index is 12.4. The van der Waals surface area contributed by atoms with Crippen LogP contribution in [0.1, 0.15) is 18.2 Å². The Bertz CT molecular complexity index is 1060. The molecule has 2 aromatic carbocycles. The molecule has 27 heavy (non-hydrogen) atoms. The Balaban J connectivity index is 1.69. The Kier molecular flexibility index (Phi) is 5.69. The number of aromatic nitrogens is 1. The molecule has 1 aromatic heterocycles. The number of amides is 1. The molecule has 0 saturated carbocycles. The molecule has 0 unspecified atom stereocenters. The number of carbonyl (C=O) groups excluding carboxylic acids is 1. The van der Waals surface area contributed by atoms with Gasteiger partial charge in [-0.3, -0.25) is 4.79 Å². The largest absolute Gasteiger partial charge is 0.326 e. The SMILES string of the molecule is CC(=O)Nc1ccc(S(=O)(=O)NCc2csc(-c3ccccc3C)n2)cc1. The summed E-state index contributed by atoms with van der Waals surface area (Å²) in [7, 11) is -3.67. The van der Waals surface area contributed by atoms with Crippen LogP contribution < -0.4 is 10.0 Å². The predicted molar refractivity (Wildman–Crippen MR) is 107 cm³/mol. The van der Waals surface area contributed by atoms with Crippen LogP contribution in [0.2, 0.25) is 0 Å². The summed E-state index contributed by atoms with van der Waals surface area (Å²) in [6.07, 6.45) is 0. The summed E-state index contributed by atoms with van der Waals surface area (Å²) in [5.41, 5.74) is 3.38. The molecule has 2 N–H and O–H groups in total. The minimum atomic E-state index is -3.67. The zero-order valence-electron chi connectivity index (χ0n) is 14.9. The highest BCUT2D eigenvalue weighted by Gasteiger charge is 2.15. The van der Waals surface area contributed by atoms with Gasteiger partial charge in [0.15, 0.2) is 0 Å². The molecule has 3 aromatic rings. The normalized spacial score (nSPS) is 11.3. The topological polar surface area (TPSA) is 88.2 Å². The number of carbonyl (C=O) groups is 1. The monoisotopic (exact) mass is 401 g/mol. The van der Waals surface area contributed by atoms with Crippen molar-refractivity contribution in [2.75, 3.05) is 5.32 Å². The maximum atomic E-state index is 12.4. The second-order valence-corrected chi connectivity index (χ2v) is 8.61. The Morgan fingerprint density at radius 1 is 1.11 bits per heavy atom. The number of anilines is 1. The molecule has 1 amide bonds. The number of hydrogen-bond acceptors (Lipinski definition) is 5. The quantitative estimate of drug-likeness (QED) is 0.661. The molecule has 0 radical (unpaired) electrons. The summed E-state index contributed by atoms with van der Waals surface area (Å²) in [4.78, 5) is 15.7. The first-order valence-electron chi connectivity index (χ1n) is 8.23. The second-order valence-electron chi connectivity index (χ2n) is 5.99. The fraction of sp³-hybridized carbons (Fsp3) is 0.158. The van der Waals surface area contributed by atoms with E-state index in [9.17, 15) is 13.2 Å². The number of hydrogen-bond donors (Lipinski definition) is 2. The second kappa shape index (κ2) is 7.99. The molecule has 6 nitrogen and oxygen atoms in total. The molecule has 0 spiro atoms. The maximum Gasteiger partial charge on any atom is 0.240 e. The fourth-order valence-electron chi connectivity index (χ4n) is 2.50. The zero-order chi connectivity index (χ0) is 19.4. The van der Waals surface area contributed by atoms with E-state index in [0.29, 0.717) is 11.4 Å². The van der Waals surface area contributed by atoms with Crippen LogP contribution in [-0.4, -0.2) is 19.3 Å². The Morgan fingerprint density at radius 2 is 1.81 bits per heavy atom. The van der Waals surface area contributed by atoms with Crippen LogP contribution in [0.3, 0.4) is 0 Å². The van der Waals surface area contributed by atoms with Crippen molar-refractivity contribution in [3.63, 3.8) is 0 Å². The van der Waals surface area contributed by atoms with Crippen molar-refractivity contribution in [3.8, 4) is 10.6 Å². The van der Waals surface area contributed by atoms with E-state index in [0.717, 1.165) is 16.1 Å². The fourth-order valence-corrected chi connectivity index (χ4v) is 4.41. The van der Waals surface area contributed by atoms with Gasteiger partial charge in [0.1, 0.15) is 5.01 Å². The molecule has 1 heterocycles. The first-order valence-corrected chi connectivity index (χ1v) is 10.6.